The van der Waals surface area contributed by atoms with Crippen LogP contribution < -0.4 is 5.32 Å². The number of fused-ring (bicyclic) bond motifs is 2. The predicted molar refractivity (Wildman–Crippen MR) is 170 cm³/mol. The van der Waals surface area contributed by atoms with Crippen molar-refractivity contribution in [2.75, 3.05) is 31.5 Å². The number of aromatic nitrogens is 3. The number of carbonyl (C=O) groups excluding carboxylic acids is 1. The molecule has 238 valence electrons. The van der Waals surface area contributed by atoms with Gasteiger partial charge in [-0.25, -0.2) is 9.97 Å². The van der Waals surface area contributed by atoms with Gasteiger partial charge < -0.3 is 14.8 Å². The van der Waals surface area contributed by atoms with Crippen LogP contribution in [0.4, 0.5) is 19.0 Å². The number of hydrogen-bond acceptors (Lipinski definition) is 7. The van der Waals surface area contributed by atoms with Crippen LogP contribution >= 0.6 is 11.3 Å². The van der Waals surface area contributed by atoms with Crippen LogP contribution in [0.25, 0.3) is 21.1 Å². The summed E-state index contributed by atoms with van der Waals surface area (Å²) in [6.07, 6.45) is 1.01. The minimum atomic E-state index is -4.25. The van der Waals surface area contributed by atoms with Crippen LogP contribution in [-0.4, -0.2) is 68.6 Å². The molecule has 2 fully saturated rings. The van der Waals surface area contributed by atoms with E-state index in [2.05, 4.69) is 49.9 Å². The lowest BCUT2D eigenvalue weighted by molar-refractivity contribution is -0.130. The molecule has 3 aromatic heterocycles. The first kappa shape index (κ1) is 31.3. The largest absolute Gasteiger partial charge is 0.393 e. The quantitative estimate of drug-likeness (QED) is 0.233. The van der Waals surface area contributed by atoms with Crippen LogP contribution in [0.1, 0.15) is 60.7 Å². The summed E-state index contributed by atoms with van der Waals surface area (Å²) in [6.45, 7) is 8.80. The lowest BCUT2D eigenvalue weighted by Gasteiger charge is -2.33. The van der Waals surface area contributed by atoms with Gasteiger partial charge in [0.05, 0.1) is 11.8 Å². The Morgan fingerprint density at radius 1 is 1.09 bits per heavy atom. The summed E-state index contributed by atoms with van der Waals surface area (Å²) >= 11 is 1.07. The molecule has 0 saturated carbocycles. The molecule has 2 saturated heterocycles. The Bertz CT molecular complexity index is 1720. The maximum absolute atomic E-state index is 12.9. The van der Waals surface area contributed by atoms with Gasteiger partial charge in [-0.2, -0.15) is 18.4 Å². The number of likely N-dealkylation sites (tertiary alicyclic amines) is 2. The number of halogens is 3. The van der Waals surface area contributed by atoms with Crippen molar-refractivity contribution in [3.63, 3.8) is 0 Å². The molecule has 0 atom stereocenters. The van der Waals surface area contributed by atoms with Gasteiger partial charge in [0.15, 0.2) is 0 Å². The maximum atomic E-state index is 12.9. The molecular formula is C33H38F3N7OS. The molecule has 1 N–H and O–H groups in total. The third kappa shape index (κ3) is 7.10. The zero-order valence-electron chi connectivity index (χ0n) is 25.7. The molecule has 45 heavy (non-hydrogen) atoms. The Morgan fingerprint density at radius 3 is 2.53 bits per heavy atom. The predicted octanol–water partition coefficient (Wildman–Crippen LogP) is 6.66. The summed E-state index contributed by atoms with van der Waals surface area (Å²) in [7, 11) is 0. The first-order valence-corrected chi connectivity index (χ1v) is 16.5. The Kier molecular flexibility index (Phi) is 9.02. The molecule has 8 nitrogen and oxygen atoms in total. The molecule has 1 amide bonds. The van der Waals surface area contributed by atoms with Gasteiger partial charge in [0.25, 0.3) is 0 Å². The van der Waals surface area contributed by atoms with E-state index in [4.69, 9.17) is 0 Å². The Morgan fingerprint density at radius 2 is 1.84 bits per heavy atom. The number of nitrogens with zero attached hydrogens (tertiary/aromatic N) is 6. The van der Waals surface area contributed by atoms with Crippen molar-refractivity contribution in [2.45, 2.75) is 77.7 Å². The van der Waals surface area contributed by atoms with E-state index < -0.39 is 12.6 Å². The molecule has 1 aromatic carbocycles. The number of hydrogen-bond donors (Lipinski definition) is 1. The van der Waals surface area contributed by atoms with Gasteiger partial charge >= 0.3 is 6.18 Å². The van der Waals surface area contributed by atoms with E-state index in [0.29, 0.717) is 27.6 Å². The van der Waals surface area contributed by atoms with Gasteiger partial charge in [0.1, 0.15) is 28.7 Å². The minimum absolute atomic E-state index is 0.148. The molecule has 5 heterocycles. The fraction of sp³-hybridized carbons (Fsp3) is 0.515. The summed E-state index contributed by atoms with van der Waals surface area (Å²) in [5.74, 6) is 1.30. The molecule has 2 aliphatic heterocycles. The second-order valence-electron chi connectivity index (χ2n) is 12.5. The number of nitrogens with one attached hydrogen (secondary N) is 1. The van der Waals surface area contributed by atoms with Crippen molar-refractivity contribution in [1.29, 1.82) is 5.26 Å². The van der Waals surface area contributed by atoms with Crippen molar-refractivity contribution < 1.29 is 18.0 Å². The molecule has 0 bridgehead atoms. The third-order valence-corrected chi connectivity index (χ3v) is 10.5. The zero-order valence-corrected chi connectivity index (χ0v) is 26.5. The van der Waals surface area contributed by atoms with Crippen molar-refractivity contribution in [1.82, 2.24) is 24.3 Å². The summed E-state index contributed by atoms with van der Waals surface area (Å²) in [5.41, 5.74) is 4.24. The number of nitriles is 1. The number of anilines is 1. The lowest BCUT2D eigenvalue weighted by Crippen LogP contribution is -2.39. The standard InChI is InChI=1S/C33H38F3N7OS/c1-21-24(3-4-30-28(21)15-26(18-37)43(30)14-7-23-5-12-42(13-6-23)22(2)44)19-41-10-8-25(9-11-41)40-31-29-16-27(17-33(34,35)36)45-32(29)39-20-38-31/h3-4,15-16,20,23,25H,5-14,17,19H2,1-2H3,(H,38,39,40). The lowest BCUT2D eigenvalue weighted by atomic mass is 9.93. The Labute approximate surface area is 264 Å². The van der Waals surface area contributed by atoms with Crippen molar-refractivity contribution in [3.8, 4) is 6.07 Å². The first-order valence-electron chi connectivity index (χ1n) is 15.6. The highest BCUT2D eigenvalue weighted by Gasteiger charge is 2.29. The molecule has 0 unspecified atom stereocenters. The number of thiophene rings is 1. The maximum Gasteiger partial charge on any atom is 0.393 e. The number of piperidine rings is 2. The Balaban J connectivity index is 1.07. The van der Waals surface area contributed by atoms with E-state index in [1.165, 1.54) is 17.5 Å². The molecular weight excluding hydrogens is 599 g/mol. The average molecular weight is 638 g/mol. The topological polar surface area (TPSA) is 90.1 Å². The van der Waals surface area contributed by atoms with Crippen LogP contribution in [0.15, 0.2) is 30.6 Å². The van der Waals surface area contributed by atoms with Crippen LogP contribution in [0.2, 0.25) is 0 Å². The van der Waals surface area contributed by atoms with Gasteiger partial charge in [-0.3, -0.25) is 9.69 Å². The molecule has 4 aromatic rings. The molecule has 0 spiro atoms. The molecule has 0 aliphatic carbocycles. The third-order valence-electron chi connectivity index (χ3n) is 9.48. The van der Waals surface area contributed by atoms with Crippen molar-refractivity contribution in [3.05, 3.63) is 52.3 Å². The smallest absolute Gasteiger partial charge is 0.367 e. The van der Waals surface area contributed by atoms with E-state index in [1.54, 1.807) is 13.0 Å². The summed E-state index contributed by atoms with van der Waals surface area (Å²) in [5, 5.41) is 15.2. The van der Waals surface area contributed by atoms with E-state index in [9.17, 15) is 23.2 Å². The van der Waals surface area contributed by atoms with Crippen LogP contribution in [0.5, 0.6) is 0 Å². The van der Waals surface area contributed by atoms with Crippen LogP contribution in [0, 0.1) is 24.2 Å². The van der Waals surface area contributed by atoms with E-state index in [0.717, 1.165) is 93.6 Å². The van der Waals surface area contributed by atoms with Gasteiger partial charge in [-0.05, 0) is 74.3 Å². The molecule has 2 aliphatic rings. The molecule has 0 radical (unpaired) electrons. The number of amides is 1. The average Bonchev–Trinajstić information content (AvgIpc) is 3.59. The fourth-order valence-electron chi connectivity index (χ4n) is 6.85. The highest BCUT2D eigenvalue weighted by Crippen LogP contribution is 2.34. The number of aryl methyl sites for hydroxylation is 2. The summed E-state index contributed by atoms with van der Waals surface area (Å²) in [6, 6.07) is 10.5. The summed E-state index contributed by atoms with van der Waals surface area (Å²) in [4.78, 5) is 25.4. The van der Waals surface area contributed by atoms with Crippen LogP contribution in [0.3, 0.4) is 0 Å². The highest BCUT2D eigenvalue weighted by molar-refractivity contribution is 7.18. The second-order valence-corrected chi connectivity index (χ2v) is 13.6. The van der Waals surface area contributed by atoms with E-state index in [-0.39, 0.29) is 16.8 Å². The van der Waals surface area contributed by atoms with Gasteiger partial charge in [0, 0.05) is 68.0 Å². The first-order chi connectivity index (χ1) is 21.6. The summed E-state index contributed by atoms with van der Waals surface area (Å²) < 4.78 is 40.9. The second kappa shape index (κ2) is 13.0. The number of rotatable bonds is 8. The molecule has 12 heteroatoms. The zero-order chi connectivity index (χ0) is 31.7. The SMILES string of the molecule is CC(=O)N1CCC(CCn2c(C#N)cc3c(C)c(CN4CCC(Nc5ncnc6sc(CC(F)(F)F)cc56)CC4)ccc32)CC1. The van der Waals surface area contributed by atoms with Crippen molar-refractivity contribution in [2.24, 2.45) is 5.92 Å². The van der Waals surface area contributed by atoms with Crippen molar-refractivity contribution >= 4 is 44.2 Å². The van der Waals surface area contributed by atoms with E-state index in [1.807, 2.05) is 11.0 Å². The van der Waals surface area contributed by atoms with Gasteiger partial charge in [0.2, 0.25) is 5.91 Å². The van der Waals surface area contributed by atoms with Gasteiger partial charge in [-0.15, -0.1) is 11.3 Å². The number of carbonyl (C=O) groups is 1. The normalized spacial score (nSPS) is 17.3. The number of benzene rings is 1. The number of alkyl halides is 3. The van der Waals surface area contributed by atoms with Gasteiger partial charge in [-0.1, -0.05) is 6.07 Å². The monoisotopic (exact) mass is 637 g/mol. The van der Waals surface area contributed by atoms with Crippen LogP contribution in [-0.2, 0) is 24.3 Å². The minimum Gasteiger partial charge on any atom is -0.367 e. The van der Waals surface area contributed by atoms with E-state index >= 15 is 0 Å². The highest BCUT2D eigenvalue weighted by atomic mass is 32.1. The Hall–Kier alpha value is -3.69. The fourth-order valence-corrected chi connectivity index (χ4v) is 7.88. The molecule has 6 rings (SSSR count).